The highest BCUT2D eigenvalue weighted by Gasteiger charge is 2.26. The van der Waals surface area contributed by atoms with Crippen LogP contribution in [0.2, 0.25) is 0 Å². The van der Waals surface area contributed by atoms with Gasteiger partial charge in [-0.1, -0.05) is 42.5 Å². The largest absolute Gasteiger partial charge is 0.446 e. The molecule has 148 valence electrons. The Bertz CT molecular complexity index is 1110. The maximum Gasteiger partial charge on any atom is 0.327 e. The summed E-state index contributed by atoms with van der Waals surface area (Å²) in [6.45, 7) is -0.437. The summed E-state index contributed by atoms with van der Waals surface area (Å²) in [5, 5.41) is 4.70. The highest BCUT2D eigenvalue weighted by molar-refractivity contribution is 5.97. The first-order valence-corrected chi connectivity index (χ1v) is 8.71. The lowest BCUT2D eigenvalue weighted by atomic mass is 10.1. The van der Waals surface area contributed by atoms with E-state index >= 15 is 0 Å². The lowest BCUT2D eigenvalue weighted by molar-refractivity contribution is -0.156. The molecule has 0 fully saturated rings. The molecule has 0 spiro atoms. The molecule has 1 heterocycles. The van der Waals surface area contributed by atoms with Gasteiger partial charge in [-0.05, 0) is 12.1 Å². The van der Waals surface area contributed by atoms with Crippen LogP contribution in [0.25, 0.3) is 10.9 Å². The predicted octanol–water partition coefficient (Wildman–Crippen LogP) is 1.14. The Morgan fingerprint density at radius 1 is 1.07 bits per heavy atom. The second-order valence-corrected chi connectivity index (χ2v) is 6.04. The Hall–Kier alpha value is -4.01. The van der Waals surface area contributed by atoms with E-state index in [9.17, 15) is 19.2 Å². The van der Waals surface area contributed by atoms with Crippen LogP contribution in [0.15, 0.2) is 65.7 Å². The number of carbonyl (C=O) groups is 3. The van der Waals surface area contributed by atoms with Gasteiger partial charge in [0.25, 0.3) is 11.5 Å². The van der Waals surface area contributed by atoms with E-state index in [0.29, 0.717) is 16.5 Å². The van der Waals surface area contributed by atoms with Crippen molar-refractivity contribution in [3.8, 4) is 0 Å². The van der Waals surface area contributed by atoms with Crippen LogP contribution in [0.1, 0.15) is 11.7 Å². The Labute approximate surface area is 165 Å². The standard InChI is InChI=1S/C20H18N4O5/c1-21-20(28)23-18(26)17(13-7-3-2-4-8-13)29-16(25)11-24-12-22-15-10-6-5-9-14(15)19(24)27/h2-10,12,17H,11H2,1H3,(H2,21,23,26,28)/t17-/m1/s1. The molecule has 9 nitrogen and oxygen atoms in total. The van der Waals surface area contributed by atoms with Crippen LogP contribution in [0.3, 0.4) is 0 Å². The molecule has 0 bridgehead atoms. The Morgan fingerprint density at radius 3 is 2.48 bits per heavy atom. The number of amides is 3. The van der Waals surface area contributed by atoms with E-state index in [-0.39, 0.29) is 0 Å². The maximum absolute atomic E-state index is 12.5. The summed E-state index contributed by atoms with van der Waals surface area (Å²) in [7, 11) is 1.35. The zero-order chi connectivity index (χ0) is 20.8. The van der Waals surface area contributed by atoms with E-state index < -0.39 is 36.1 Å². The van der Waals surface area contributed by atoms with Crippen LogP contribution in [0.5, 0.6) is 0 Å². The molecular weight excluding hydrogens is 376 g/mol. The van der Waals surface area contributed by atoms with Gasteiger partial charge in [-0.3, -0.25) is 24.3 Å². The van der Waals surface area contributed by atoms with Gasteiger partial charge in [-0.25, -0.2) is 9.78 Å². The first kappa shape index (κ1) is 19.7. The molecular formula is C20H18N4O5. The van der Waals surface area contributed by atoms with Gasteiger partial charge in [0.1, 0.15) is 6.54 Å². The van der Waals surface area contributed by atoms with Gasteiger partial charge >= 0.3 is 12.0 Å². The van der Waals surface area contributed by atoms with Crippen molar-refractivity contribution in [1.82, 2.24) is 20.2 Å². The fourth-order valence-electron chi connectivity index (χ4n) is 2.67. The summed E-state index contributed by atoms with van der Waals surface area (Å²) in [5.74, 6) is -1.64. The molecule has 0 aliphatic rings. The summed E-state index contributed by atoms with van der Waals surface area (Å²) in [6, 6.07) is 14.3. The van der Waals surface area contributed by atoms with Gasteiger partial charge in [0.15, 0.2) is 0 Å². The van der Waals surface area contributed by atoms with Crippen molar-refractivity contribution in [3.05, 3.63) is 76.8 Å². The van der Waals surface area contributed by atoms with E-state index in [1.807, 2.05) is 0 Å². The predicted molar refractivity (Wildman–Crippen MR) is 104 cm³/mol. The first-order valence-electron chi connectivity index (χ1n) is 8.71. The van der Waals surface area contributed by atoms with Crippen molar-refractivity contribution >= 4 is 28.8 Å². The molecule has 0 saturated carbocycles. The SMILES string of the molecule is CNC(=O)NC(=O)[C@H](OC(=O)Cn1cnc2ccccc2c1=O)c1ccccc1. The summed E-state index contributed by atoms with van der Waals surface area (Å²) < 4.78 is 6.40. The van der Waals surface area contributed by atoms with Crippen LogP contribution in [-0.2, 0) is 20.9 Å². The van der Waals surface area contributed by atoms with Crippen molar-refractivity contribution in [1.29, 1.82) is 0 Å². The molecule has 0 unspecified atom stereocenters. The minimum atomic E-state index is -1.36. The summed E-state index contributed by atoms with van der Waals surface area (Å²) in [5.41, 5.74) is 0.485. The average molecular weight is 394 g/mol. The van der Waals surface area contributed by atoms with Crippen LogP contribution in [-0.4, -0.2) is 34.5 Å². The third-order valence-electron chi connectivity index (χ3n) is 4.08. The van der Waals surface area contributed by atoms with Crippen molar-refractivity contribution in [2.24, 2.45) is 0 Å². The molecule has 2 aromatic carbocycles. The van der Waals surface area contributed by atoms with Gasteiger partial charge in [0, 0.05) is 12.6 Å². The lowest BCUT2D eigenvalue weighted by Gasteiger charge is -2.18. The van der Waals surface area contributed by atoms with Crippen LogP contribution in [0, 0.1) is 0 Å². The minimum Gasteiger partial charge on any atom is -0.446 e. The number of ether oxygens (including phenoxy) is 1. The van der Waals surface area contributed by atoms with E-state index in [4.69, 9.17) is 4.74 Å². The number of para-hydroxylation sites is 1. The molecule has 9 heteroatoms. The molecule has 2 N–H and O–H groups in total. The fraction of sp³-hybridized carbons (Fsp3) is 0.150. The number of nitrogens with one attached hydrogen (secondary N) is 2. The first-order chi connectivity index (χ1) is 14.0. The van der Waals surface area contributed by atoms with Gasteiger partial charge in [-0.2, -0.15) is 0 Å². The zero-order valence-corrected chi connectivity index (χ0v) is 15.5. The summed E-state index contributed by atoms with van der Waals surface area (Å²) >= 11 is 0. The maximum atomic E-state index is 12.5. The minimum absolute atomic E-state index is 0.361. The number of imide groups is 1. The molecule has 0 radical (unpaired) electrons. The third-order valence-corrected chi connectivity index (χ3v) is 4.08. The molecule has 3 aromatic rings. The average Bonchev–Trinajstić information content (AvgIpc) is 2.74. The van der Waals surface area contributed by atoms with Crippen LogP contribution in [0.4, 0.5) is 4.79 Å². The number of nitrogens with zero attached hydrogens (tertiary/aromatic N) is 2. The smallest absolute Gasteiger partial charge is 0.327 e. The zero-order valence-electron chi connectivity index (χ0n) is 15.5. The monoisotopic (exact) mass is 394 g/mol. The number of fused-ring (bicyclic) bond motifs is 1. The number of aromatic nitrogens is 2. The van der Waals surface area contributed by atoms with Gasteiger partial charge < -0.3 is 10.1 Å². The molecule has 29 heavy (non-hydrogen) atoms. The molecule has 1 atom stereocenters. The number of esters is 1. The van der Waals surface area contributed by atoms with E-state index in [2.05, 4.69) is 15.6 Å². The quantitative estimate of drug-likeness (QED) is 0.626. The lowest BCUT2D eigenvalue weighted by Crippen LogP contribution is -2.41. The summed E-state index contributed by atoms with van der Waals surface area (Å²) in [4.78, 5) is 53.0. The third kappa shape index (κ3) is 4.64. The van der Waals surface area contributed by atoms with E-state index in [1.165, 1.54) is 13.4 Å². The second-order valence-electron chi connectivity index (χ2n) is 6.04. The number of carbonyl (C=O) groups excluding carboxylic acids is 3. The highest BCUT2D eigenvalue weighted by Crippen LogP contribution is 2.18. The molecule has 0 aliphatic heterocycles. The van der Waals surface area contributed by atoms with Crippen molar-refractivity contribution in [3.63, 3.8) is 0 Å². The van der Waals surface area contributed by atoms with E-state index in [0.717, 1.165) is 4.57 Å². The second kappa shape index (κ2) is 8.79. The molecule has 1 aromatic heterocycles. The number of urea groups is 1. The van der Waals surface area contributed by atoms with Gasteiger partial charge in [-0.15, -0.1) is 0 Å². The van der Waals surface area contributed by atoms with Crippen molar-refractivity contribution in [2.75, 3.05) is 7.05 Å². The number of hydrogen-bond acceptors (Lipinski definition) is 6. The Kier molecular flexibility index (Phi) is 5.98. The van der Waals surface area contributed by atoms with Crippen molar-refractivity contribution in [2.45, 2.75) is 12.6 Å². The number of benzene rings is 2. The van der Waals surface area contributed by atoms with Gasteiger partial charge in [0.2, 0.25) is 6.10 Å². The van der Waals surface area contributed by atoms with Gasteiger partial charge in [0.05, 0.1) is 17.2 Å². The van der Waals surface area contributed by atoms with E-state index in [1.54, 1.807) is 54.6 Å². The fourth-order valence-corrected chi connectivity index (χ4v) is 2.67. The highest BCUT2D eigenvalue weighted by atomic mass is 16.5. The summed E-state index contributed by atoms with van der Waals surface area (Å²) in [6.07, 6.45) is -0.112. The molecule has 0 saturated heterocycles. The molecule has 3 amide bonds. The molecule has 0 aliphatic carbocycles. The Balaban J connectivity index is 1.81. The van der Waals surface area contributed by atoms with Crippen molar-refractivity contribution < 1.29 is 19.1 Å². The van der Waals surface area contributed by atoms with Crippen LogP contribution < -0.4 is 16.2 Å². The van der Waals surface area contributed by atoms with Crippen LogP contribution >= 0.6 is 0 Å². The topological polar surface area (TPSA) is 119 Å². The normalized spacial score (nSPS) is 11.5. The Morgan fingerprint density at radius 2 is 1.76 bits per heavy atom. The number of hydrogen-bond donors (Lipinski definition) is 2. The molecule has 3 rings (SSSR count). The number of rotatable bonds is 5.